The molecular formula is C16H31N. The number of nitrogens with one attached hydrogen (secondary N) is 1. The summed E-state index contributed by atoms with van der Waals surface area (Å²) in [6.45, 7) is 9.69. The standard InChI is InChI=1S/C16H31N/c1-11(2)14-7-5-6-8-16(14)17-15-10-9-12(3)13(15)4/h11-17H,5-10H2,1-4H3. The van der Waals surface area contributed by atoms with E-state index in [9.17, 15) is 0 Å². The van der Waals surface area contributed by atoms with E-state index in [0.717, 1.165) is 35.8 Å². The maximum Gasteiger partial charge on any atom is 0.0100 e. The highest BCUT2D eigenvalue weighted by atomic mass is 15.0. The van der Waals surface area contributed by atoms with Crippen LogP contribution in [0, 0.1) is 23.7 Å². The van der Waals surface area contributed by atoms with Crippen LogP contribution in [-0.2, 0) is 0 Å². The average molecular weight is 237 g/mol. The van der Waals surface area contributed by atoms with Gasteiger partial charge in [0.1, 0.15) is 0 Å². The van der Waals surface area contributed by atoms with Gasteiger partial charge in [-0.3, -0.25) is 0 Å². The monoisotopic (exact) mass is 237 g/mol. The molecule has 17 heavy (non-hydrogen) atoms. The van der Waals surface area contributed by atoms with Crippen molar-refractivity contribution in [3.05, 3.63) is 0 Å². The van der Waals surface area contributed by atoms with Crippen molar-refractivity contribution in [2.45, 2.75) is 78.3 Å². The molecule has 0 bridgehead atoms. The van der Waals surface area contributed by atoms with Crippen LogP contribution >= 0.6 is 0 Å². The third kappa shape index (κ3) is 3.05. The molecule has 0 radical (unpaired) electrons. The minimum atomic E-state index is 0.800. The van der Waals surface area contributed by atoms with Crippen LogP contribution in [0.4, 0.5) is 0 Å². The SMILES string of the molecule is CC(C)C1CCCCC1NC1CCC(C)C1C. The zero-order valence-electron chi connectivity index (χ0n) is 12.2. The van der Waals surface area contributed by atoms with Crippen molar-refractivity contribution in [3.63, 3.8) is 0 Å². The van der Waals surface area contributed by atoms with Gasteiger partial charge in [-0.2, -0.15) is 0 Å². The summed E-state index contributed by atoms with van der Waals surface area (Å²) in [5.41, 5.74) is 0. The van der Waals surface area contributed by atoms with Gasteiger partial charge in [0.2, 0.25) is 0 Å². The summed E-state index contributed by atoms with van der Waals surface area (Å²) in [5, 5.41) is 4.03. The molecule has 1 heteroatoms. The van der Waals surface area contributed by atoms with Crippen LogP contribution in [0.15, 0.2) is 0 Å². The van der Waals surface area contributed by atoms with E-state index in [2.05, 4.69) is 33.0 Å². The summed E-state index contributed by atoms with van der Waals surface area (Å²) in [5.74, 6) is 3.58. The Hall–Kier alpha value is -0.0400. The van der Waals surface area contributed by atoms with Crippen molar-refractivity contribution in [2.75, 3.05) is 0 Å². The van der Waals surface area contributed by atoms with Gasteiger partial charge in [-0.25, -0.2) is 0 Å². The van der Waals surface area contributed by atoms with Crippen molar-refractivity contribution >= 4 is 0 Å². The Kier molecular flexibility index (Phi) is 4.52. The van der Waals surface area contributed by atoms with Crippen molar-refractivity contribution < 1.29 is 0 Å². The molecule has 0 heterocycles. The lowest BCUT2D eigenvalue weighted by molar-refractivity contribution is 0.180. The molecule has 0 aromatic carbocycles. The second-order valence-electron chi connectivity index (χ2n) is 6.99. The summed E-state index contributed by atoms with van der Waals surface area (Å²) >= 11 is 0. The molecule has 0 aliphatic heterocycles. The summed E-state index contributed by atoms with van der Waals surface area (Å²) in [6.07, 6.45) is 8.60. The fourth-order valence-electron chi connectivity index (χ4n) is 4.04. The van der Waals surface area contributed by atoms with E-state index in [1.807, 2.05) is 0 Å². The largest absolute Gasteiger partial charge is 0.311 e. The Bertz CT molecular complexity index is 236. The van der Waals surface area contributed by atoms with Crippen LogP contribution in [0.3, 0.4) is 0 Å². The lowest BCUT2D eigenvalue weighted by Crippen LogP contribution is -2.47. The molecule has 0 spiro atoms. The number of hydrogen-bond acceptors (Lipinski definition) is 1. The van der Waals surface area contributed by atoms with Crippen LogP contribution < -0.4 is 5.32 Å². The van der Waals surface area contributed by atoms with Crippen LogP contribution in [0.5, 0.6) is 0 Å². The van der Waals surface area contributed by atoms with E-state index < -0.39 is 0 Å². The molecule has 100 valence electrons. The molecule has 2 aliphatic rings. The van der Waals surface area contributed by atoms with E-state index in [-0.39, 0.29) is 0 Å². The Morgan fingerprint density at radius 2 is 1.59 bits per heavy atom. The lowest BCUT2D eigenvalue weighted by Gasteiger charge is -2.38. The van der Waals surface area contributed by atoms with Crippen LogP contribution in [0.1, 0.15) is 66.2 Å². The highest BCUT2D eigenvalue weighted by Crippen LogP contribution is 2.35. The summed E-state index contributed by atoms with van der Waals surface area (Å²) < 4.78 is 0. The van der Waals surface area contributed by atoms with E-state index in [1.165, 1.54) is 38.5 Å². The van der Waals surface area contributed by atoms with Gasteiger partial charge in [-0.15, -0.1) is 0 Å². The topological polar surface area (TPSA) is 12.0 Å². The third-order valence-corrected chi connectivity index (χ3v) is 5.57. The third-order valence-electron chi connectivity index (χ3n) is 5.57. The first-order chi connectivity index (χ1) is 8.09. The maximum atomic E-state index is 4.03. The molecule has 0 amide bonds. The molecule has 2 rings (SSSR count). The Balaban J connectivity index is 1.92. The van der Waals surface area contributed by atoms with E-state index in [0.29, 0.717) is 0 Å². The Labute approximate surface area is 108 Å². The molecule has 0 aromatic rings. The first kappa shape index (κ1) is 13.4. The van der Waals surface area contributed by atoms with E-state index in [1.54, 1.807) is 0 Å². The average Bonchev–Trinajstić information content (AvgIpc) is 2.61. The summed E-state index contributed by atoms with van der Waals surface area (Å²) in [7, 11) is 0. The van der Waals surface area contributed by atoms with Crippen LogP contribution in [0.25, 0.3) is 0 Å². The van der Waals surface area contributed by atoms with Gasteiger partial charge in [0.25, 0.3) is 0 Å². The maximum absolute atomic E-state index is 4.03. The Morgan fingerprint density at radius 3 is 2.18 bits per heavy atom. The molecule has 5 unspecified atom stereocenters. The van der Waals surface area contributed by atoms with Gasteiger partial charge >= 0.3 is 0 Å². The van der Waals surface area contributed by atoms with Crippen molar-refractivity contribution in [2.24, 2.45) is 23.7 Å². The van der Waals surface area contributed by atoms with Gasteiger partial charge in [-0.05, 0) is 49.4 Å². The normalized spacial score (nSPS) is 43.2. The minimum absolute atomic E-state index is 0.800. The quantitative estimate of drug-likeness (QED) is 0.774. The first-order valence-electron chi connectivity index (χ1n) is 7.85. The van der Waals surface area contributed by atoms with Gasteiger partial charge in [0.05, 0.1) is 0 Å². The van der Waals surface area contributed by atoms with Crippen LogP contribution in [0.2, 0.25) is 0 Å². The van der Waals surface area contributed by atoms with Crippen molar-refractivity contribution in [1.29, 1.82) is 0 Å². The molecule has 1 N–H and O–H groups in total. The molecule has 5 atom stereocenters. The molecule has 0 aromatic heterocycles. The fraction of sp³-hybridized carbons (Fsp3) is 1.00. The first-order valence-corrected chi connectivity index (χ1v) is 7.85. The van der Waals surface area contributed by atoms with Crippen molar-refractivity contribution in [1.82, 2.24) is 5.32 Å². The molecular weight excluding hydrogens is 206 g/mol. The van der Waals surface area contributed by atoms with E-state index >= 15 is 0 Å². The number of hydrogen-bond donors (Lipinski definition) is 1. The van der Waals surface area contributed by atoms with Crippen molar-refractivity contribution in [3.8, 4) is 0 Å². The smallest absolute Gasteiger partial charge is 0.0100 e. The molecule has 2 fully saturated rings. The zero-order valence-corrected chi connectivity index (χ0v) is 12.2. The van der Waals surface area contributed by atoms with Crippen LogP contribution in [-0.4, -0.2) is 12.1 Å². The Morgan fingerprint density at radius 1 is 0.882 bits per heavy atom. The summed E-state index contributed by atoms with van der Waals surface area (Å²) in [6, 6.07) is 1.61. The van der Waals surface area contributed by atoms with Gasteiger partial charge < -0.3 is 5.32 Å². The highest BCUT2D eigenvalue weighted by molar-refractivity contribution is 4.91. The zero-order chi connectivity index (χ0) is 12.4. The predicted molar refractivity (Wildman–Crippen MR) is 75.1 cm³/mol. The lowest BCUT2D eigenvalue weighted by atomic mass is 9.77. The molecule has 0 saturated heterocycles. The molecule has 2 aliphatic carbocycles. The fourth-order valence-corrected chi connectivity index (χ4v) is 4.04. The second kappa shape index (κ2) is 5.73. The number of rotatable bonds is 3. The second-order valence-corrected chi connectivity index (χ2v) is 6.99. The minimum Gasteiger partial charge on any atom is -0.311 e. The summed E-state index contributed by atoms with van der Waals surface area (Å²) in [4.78, 5) is 0. The van der Waals surface area contributed by atoms with Gasteiger partial charge in [0, 0.05) is 12.1 Å². The van der Waals surface area contributed by atoms with Gasteiger partial charge in [-0.1, -0.05) is 40.5 Å². The molecule has 1 nitrogen and oxygen atoms in total. The van der Waals surface area contributed by atoms with E-state index in [4.69, 9.17) is 0 Å². The molecule has 2 saturated carbocycles. The highest BCUT2D eigenvalue weighted by Gasteiger charge is 2.34. The van der Waals surface area contributed by atoms with Gasteiger partial charge in [0.15, 0.2) is 0 Å². The predicted octanol–water partition coefficient (Wildman–Crippen LogP) is 4.23.